The first-order valence-electron chi connectivity index (χ1n) is 5.93. The van der Waals surface area contributed by atoms with Gasteiger partial charge in [-0.05, 0) is 42.1 Å². The Kier molecular flexibility index (Phi) is 3.23. The zero-order valence-electron chi connectivity index (χ0n) is 10.3. The first-order valence-corrected chi connectivity index (χ1v) is 6.75. The largest absolute Gasteiger partial charge is 0.320 e. The summed E-state index contributed by atoms with van der Waals surface area (Å²) in [6, 6.07) is 14.7. The lowest BCUT2D eigenvalue weighted by atomic mass is 10.1. The molecule has 1 aliphatic heterocycles. The molecule has 1 amide bonds. The summed E-state index contributed by atoms with van der Waals surface area (Å²) in [5.41, 5.74) is 2.70. The minimum Gasteiger partial charge on any atom is -0.320 e. The Bertz CT molecular complexity index is 744. The number of thiocyanates is 1. The smallest absolute Gasteiger partial charge is 0.275 e. The number of nitriles is 1. The second-order valence-corrected chi connectivity index (χ2v) is 5.01. The lowest BCUT2D eigenvalue weighted by Crippen LogP contribution is -2.13. The van der Waals surface area contributed by atoms with E-state index in [2.05, 4.69) is 10.3 Å². The van der Waals surface area contributed by atoms with Crippen LogP contribution in [0.3, 0.4) is 0 Å². The Morgan fingerprint density at radius 3 is 2.60 bits per heavy atom. The first-order chi connectivity index (χ1) is 9.78. The van der Waals surface area contributed by atoms with Crippen LogP contribution in [0.5, 0.6) is 0 Å². The number of carbonyl (C=O) groups is 1. The minimum atomic E-state index is -0.193. The highest BCUT2D eigenvalue weighted by Gasteiger charge is 2.25. The van der Waals surface area contributed by atoms with Gasteiger partial charge >= 0.3 is 0 Å². The molecule has 0 saturated heterocycles. The molecule has 1 heterocycles. The highest BCUT2D eigenvalue weighted by molar-refractivity contribution is 8.03. The van der Waals surface area contributed by atoms with Crippen LogP contribution in [0.2, 0.25) is 0 Å². The van der Waals surface area contributed by atoms with Crippen molar-refractivity contribution >= 4 is 34.8 Å². The zero-order chi connectivity index (χ0) is 13.9. The molecule has 0 aliphatic carbocycles. The van der Waals surface area contributed by atoms with Crippen molar-refractivity contribution in [3.8, 4) is 5.40 Å². The van der Waals surface area contributed by atoms with Gasteiger partial charge in [0.05, 0.1) is 11.4 Å². The summed E-state index contributed by atoms with van der Waals surface area (Å²) < 4.78 is 0. The molecule has 5 heteroatoms. The number of rotatable bonds is 2. The summed E-state index contributed by atoms with van der Waals surface area (Å²) >= 11 is 1.09. The number of hydrogen-bond donors (Lipinski definition) is 1. The van der Waals surface area contributed by atoms with Gasteiger partial charge in [-0.2, -0.15) is 5.26 Å². The van der Waals surface area contributed by atoms with Crippen molar-refractivity contribution in [2.75, 3.05) is 5.32 Å². The minimum absolute atomic E-state index is 0.193. The average Bonchev–Trinajstić information content (AvgIpc) is 2.78. The van der Waals surface area contributed by atoms with Crippen molar-refractivity contribution in [1.29, 1.82) is 5.26 Å². The summed E-state index contributed by atoms with van der Waals surface area (Å²) in [6.45, 7) is 0. The standard InChI is InChI=1S/C15H9N3OS/c16-9-20-11-7-5-10(6-8-11)17-14-12-3-1-2-4-13(12)18-15(14)19/h1-8H,(H,17,18,19). The normalized spacial score (nSPS) is 14.8. The van der Waals surface area contributed by atoms with Crippen molar-refractivity contribution in [2.24, 2.45) is 4.99 Å². The topological polar surface area (TPSA) is 65.2 Å². The molecule has 0 aromatic heterocycles. The van der Waals surface area contributed by atoms with Gasteiger partial charge in [-0.3, -0.25) is 4.79 Å². The molecular formula is C15H9N3OS. The highest BCUT2D eigenvalue weighted by Crippen LogP contribution is 2.26. The van der Waals surface area contributed by atoms with Crippen molar-refractivity contribution in [1.82, 2.24) is 0 Å². The molecule has 3 rings (SSSR count). The van der Waals surface area contributed by atoms with E-state index in [4.69, 9.17) is 5.26 Å². The predicted octanol–water partition coefficient (Wildman–Crippen LogP) is 3.33. The number of fused-ring (bicyclic) bond motifs is 1. The summed E-state index contributed by atoms with van der Waals surface area (Å²) in [4.78, 5) is 17.2. The Morgan fingerprint density at radius 1 is 1.10 bits per heavy atom. The fourth-order valence-corrected chi connectivity index (χ4v) is 2.36. The Morgan fingerprint density at radius 2 is 1.85 bits per heavy atom. The number of anilines is 1. The van der Waals surface area contributed by atoms with Gasteiger partial charge in [0.15, 0.2) is 0 Å². The van der Waals surface area contributed by atoms with Crippen LogP contribution in [-0.2, 0) is 4.79 Å². The van der Waals surface area contributed by atoms with Gasteiger partial charge in [-0.1, -0.05) is 18.2 Å². The number of nitrogens with zero attached hydrogens (tertiary/aromatic N) is 2. The first kappa shape index (κ1) is 12.5. The summed E-state index contributed by atoms with van der Waals surface area (Å²) in [5, 5.41) is 13.4. The van der Waals surface area contributed by atoms with Gasteiger partial charge in [0, 0.05) is 10.5 Å². The number of amides is 1. The van der Waals surface area contributed by atoms with Crippen LogP contribution in [0.1, 0.15) is 5.56 Å². The number of nitrogens with one attached hydrogen (secondary N) is 1. The van der Waals surface area contributed by atoms with E-state index >= 15 is 0 Å². The molecule has 0 saturated carbocycles. The highest BCUT2D eigenvalue weighted by atomic mass is 32.2. The van der Waals surface area contributed by atoms with Crippen LogP contribution in [0.4, 0.5) is 11.4 Å². The van der Waals surface area contributed by atoms with Crippen molar-refractivity contribution in [3.63, 3.8) is 0 Å². The lowest BCUT2D eigenvalue weighted by Gasteiger charge is -1.98. The maximum Gasteiger partial charge on any atom is 0.275 e. The van der Waals surface area contributed by atoms with E-state index in [0.717, 1.165) is 27.9 Å². The van der Waals surface area contributed by atoms with E-state index in [1.807, 2.05) is 41.8 Å². The molecule has 0 fully saturated rings. The number of aliphatic imine (C=N–C) groups is 1. The molecule has 4 nitrogen and oxygen atoms in total. The summed E-state index contributed by atoms with van der Waals surface area (Å²) in [7, 11) is 0. The third kappa shape index (κ3) is 2.29. The molecular weight excluding hydrogens is 270 g/mol. The molecule has 20 heavy (non-hydrogen) atoms. The van der Waals surface area contributed by atoms with Crippen LogP contribution >= 0.6 is 11.8 Å². The van der Waals surface area contributed by atoms with E-state index in [-0.39, 0.29) is 5.91 Å². The number of para-hydroxylation sites is 1. The summed E-state index contributed by atoms with van der Waals surface area (Å²) in [6.07, 6.45) is 0. The van der Waals surface area contributed by atoms with E-state index < -0.39 is 0 Å². The molecule has 0 spiro atoms. The van der Waals surface area contributed by atoms with Gasteiger partial charge in [-0.25, -0.2) is 4.99 Å². The SMILES string of the molecule is N#CSc1ccc(N=C2C(=O)Nc3ccccc32)cc1. The van der Waals surface area contributed by atoms with Crippen LogP contribution in [0, 0.1) is 10.7 Å². The Labute approximate surface area is 120 Å². The molecule has 2 aromatic rings. The monoisotopic (exact) mass is 279 g/mol. The van der Waals surface area contributed by atoms with Crippen LogP contribution in [-0.4, -0.2) is 11.6 Å². The fraction of sp³-hybridized carbons (Fsp3) is 0. The van der Waals surface area contributed by atoms with E-state index in [9.17, 15) is 4.79 Å². The molecule has 96 valence electrons. The molecule has 1 N–H and O–H groups in total. The van der Waals surface area contributed by atoms with Gasteiger partial charge in [0.2, 0.25) is 0 Å². The molecule has 0 radical (unpaired) electrons. The van der Waals surface area contributed by atoms with E-state index in [1.165, 1.54) is 0 Å². The average molecular weight is 279 g/mol. The quantitative estimate of drug-likeness (QED) is 0.677. The van der Waals surface area contributed by atoms with Crippen molar-refractivity contribution < 1.29 is 4.79 Å². The molecule has 1 aliphatic rings. The number of carbonyl (C=O) groups excluding carboxylic acids is 1. The second-order valence-electron chi connectivity index (χ2n) is 4.15. The molecule has 0 bridgehead atoms. The van der Waals surface area contributed by atoms with Crippen molar-refractivity contribution in [2.45, 2.75) is 4.90 Å². The molecule has 0 atom stereocenters. The van der Waals surface area contributed by atoms with Crippen LogP contribution in [0.15, 0.2) is 58.4 Å². The van der Waals surface area contributed by atoms with Crippen LogP contribution in [0.25, 0.3) is 0 Å². The van der Waals surface area contributed by atoms with Crippen LogP contribution < -0.4 is 5.32 Å². The Hall–Kier alpha value is -2.58. The predicted molar refractivity (Wildman–Crippen MR) is 79.2 cm³/mol. The van der Waals surface area contributed by atoms with E-state index in [0.29, 0.717) is 11.4 Å². The maximum absolute atomic E-state index is 11.9. The number of benzene rings is 2. The maximum atomic E-state index is 11.9. The zero-order valence-corrected chi connectivity index (χ0v) is 11.1. The number of hydrogen-bond acceptors (Lipinski definition) is 4. The van der Waals surface area contributed by atoms with Gasteiger partial charge in [-0.15, -0.1) is 0 Å². The molecule has 2 aromatic carbocycles. The third-order valence-electron chi connectivity index (χ3n) is 2.89. The fourth-order valence-electron chi connectivity index (χ4n) is 1.98. The van der Waals surface area contributed by atoms with Gasteiger partial charge in [0.25, 0.3) is 5.91 Å². The number of thioether (sulfide) groups is 1. The molecule has 0 unspecified atom stereocenters. The summed E-state index contributed by atoms with van der Waals surface area (Å²) in [5.74, 6) is -0.193. The lowest BCUT2D eigenvalue weighted by molar-refractivity contribution is -0.110. The van der Waals surface area contributed by atoms with E-state index in [1.54, 1.807) is 12.1 Å². The second kappa shape index (κ2) is 5.19. The third-order valence-corrected chi connectivity index (χ3v) is 3.49. The van der Waals surface area contributed by atoms with Gasteiger partial charge in [0.1, 0.15) is 11.1 Å². The van der Waals surface area contributed by atoms with Crippen molar-refractivity contribution in [3.05, 3.63) is 54.1 Å². The van der Waals surface area contributed by atoms with Gasteiger partial charge < -0.3 is 5.32 Å². The Balaban J connectivity index is 1.96.